The van der Waals surface area contributed by atoms with Crippen molar-refractivity contribution in [2.24, 2.45) is 0 Å². The molecule has 1 saturated heterocycles. The molecule has 0 bridgehead atoms. The van der Waals surface area contributed by atoms with Crippen LogP contribution in [0, 0.1) is 0 Å². The van der Waals surface area contributed by atoms with E-state index in [4.69, 9.17) is 4.74 Å². The van der Waals surface area contributed by atoms with E-state index >= 15 is 0 Å². The molecule has 0 saturated carbocycles. The molecule has 0 unspecified atom stereocenters. The Morgan fingerprint density at radius 2 is 2.19 bits per heavy atom. The van der Waals surface area contributed by atoms with Crippen LogP contribution >= 0.6 is 0 Å². The number of rotatable bonds is 5. The third-order valence-corrected chi connectivity index (χ3v) is 5.21. The van der Waals surface area contributed by atoms with E-state index in [1.165, 1.54) is 6.42 Å². The number of fused-ring (bicyclic) bond motifs is 1. The number of aromatic hydroxyl groups is 1. The molecule has 0 spiro atoms. The summed E-state index contributed by atoms with van der Waals surface area (Å²) in [6.45, 7) is 5.44. The highest BCUT2D eigenvalue weighted by molar-refractivity contribution is 5.81. The van der Waals surface area contributed by atoms with E-state index in [1.807, 2.05) is 28.8 Å². The molecule has 1 aromatic carbocycles. The van der Waals surface area contributed by atoms with Crippen molar-refractivity contribution in [1.82, 2.24) is 19.5 Å². The van der Waals surface area contributed by atoms with Gasteiger partial charge in [-0.05, 0) is 50.2 Å². The van der Waals surface area contributed by atoms with Crippen LogP contribution < -0.4 is 10.1 Å². The van der Waals surface area contributed by atoms with Crippen LogP contribution in [0.3, 0.4) is 0 Å². The van der Waals surface area contributed by atoms with Crippen LogP contribution in [0.15, 0.2) is 36.5 Å². The lowest BCUT2D eigenvalue weighted by atomic mass is 10.1. The highest BCUT2D eigenvalue weighted by Gasteiger charge is 2.21. The van der Waals surface area contributed by atoms with Crippen molar-refractivity contribution in [3.05, 3.63) is 36.5 Å². The van der Waals surface area contributed by atoms with Crippen LogP contribution in [-0.2, 0) is 0 Å². The van der Waals surface area contributed by atoms with E-state index in [2.05, 4.69) is 27.3 Å². The van der Waals surface area contributed by atoms with Crippen molar-refractivity contribution >= 4 is 11.5 Å². The van der Waals surface area contributed by atoms with Crippen molar-refractivity contribution in [3.63, 3.8) is 0 Å². The summed E-state index contributed by atoms with van der Waals surface area (Å²) < 4.78 is 7.16. The van der Waals surface area contributed by atoms with Crippen molar-refractivity contribution in [2.75, 3.05) is 32.1 Å². The summed E-state index contributed by atoms with van der Waals surface area (Å²) in [5, 5.41) is 22.8. The van der Waals surface area contributed by atoms with Crippen LogP contribution in [0.5, 0.6) is 11.5 Å². The Morgan fingerprint density at radius 3 is 2.96 bits per heavy atom. The molecule has 3 heterocycles. The maximum Gasteiger partial charge on any atom is 0.228 e. The molecule has 1 aliphatic heterocycles. The highest BCUT2D eigenvalue weighted by atomic mass is 16.5. The summed E-state index contributed by atoms with van der Waals surface area (Å²) in [5.74, 6) is 1.46. The maximum absolute atomic E-state index is 10.4. The van der Waals surface area contributed by atoms with Crippen LogP contribution in [0.2, 0.25) is 0 Å². The van der Waals surface area contributed by atoms with Crippen LogP contribution in [0.1, 0.15) is 19.8 Å². The van der Waals surface area contributed by atoms with Gasteiger partial charge >= 0.3 is 0 Å². The SMILES string of the molecule is CCN1CCC[C@@H](Nc2nnc(-c3ccc(OC)cc3O)c3cccn23)C1. The monoisotopic (exact) mass is 367 g/mol. The van der Waals surface area contributed by atoms with Gasteiger partial charge in [0.25, 0.3) is 0 Å². The lowest BCUT2D eigenvalue weighted by molar-refractivity contribution is 0.226. The number of likely N-dealkylation sites (tertiary alicyclic amines) is 1. The Bertz CT molecular complexity index is 939. The van der Waals surface area contributed by atoms with Gasteiger partial charge in [-0.15, -0.1) is 10.2 Å². The molecular weight excluding hydrogens is 342 g/mol. The van der Waals surface area contributed by atoms with Crippen LogP contribution in [-0.4, -0.2) is 57.4 Å². The van der Waals surface area contributed by atoms with Gasteiger partial charge < -0.3 is 20.1 Å². The average Bonchev–Trinajstić information content (AvgIpc) is 3.19. The topological polar surface area (TPSA) is 74.9 Å². The molecule has 1 atom stereocenters. The summed E-state index contributed by atoms with van der Waals surface area (Å²) >= 11 is 0. The van der Waals surface area contributed by atoms with E-state index in [9.17, 15) is 5.11 Å². The number of phenols is 1. The average molecular weight is 367 g/mol. The summed E-state index contributed by atoms with van der Waals surface area (Å²) in [7, 11) is 1.57. The molecule has 7 nitrogen and oxygen atoms in total. The summed E-state index contributed by atoms with van der Waals surface area (Å²) in [4.78, 5) is 2.45. The quantitative estimate of drug-likeness (QED) is 0.722. The maximum atomic E-state index is 10.4. The molecule has 27 heavy (non-hydrogen) atoms. The van der Waals surface area contributed by atoms with Gasteiger partial charge in [-0.3, -0.25) is 4.40 Å². The molecule has 0 aliphatic carbocycles. The number of likely N-dealkylation sites (N-methyl/N-ethyl adjacent to an activating group) is 1. The molecule has 0 amide bonds. The van der Waals surface area contributed by atoms with Crippen molar-refractivity contribution in [1.29, 1.82) is 0 Å². The Hall–Kier alpha value is -2.80. The predicted molar refractivity (Wildman–Crippen MR) is 105 cm³/mol. The lowest BCUT2D eigenvalue weighted by Crippen LogP contribution is -2.42. The summed E-state index contributed by atoms with van der Waals surface area (Å²) in [6, 6.07) is 9.51. The number of anilines is 1. The Kier molecular flexibility index (Phi) is 4.85. The Labute approximate surface area is 158 Å². The number of aromatic nitrogens is 3. The zero-order valence-electron chi connectivity index (χ0n) is 15.7. The predicted octanol–water partition coefficient (Wildman–Crippen LogP) is 3.01. The minimum Gasteiger partial charge on any atom is -0.507 e. The van der Waals surface area contributed by atoms with Gasteiger partial charge in [0, 0.05) is 30.4 Å². The number of nitrogens with zero attached hydrogens (tertiary/aromatic N) is 4. The summed E-state index contributed by atoms with van der Waals surface area (Å²) in [5.41, 5.74) is 2.18. The molecule has 7 heteroatoms. The van der Waals surface area contributed by atoms with Crippen molar-refractivity contribution in [2.45, 2.75) is 25.8 Å². The molecule has 4 rings (SSSR count). The van der Waals surface area contributed by atoms with Gasteiger partial charge in [-0.1, -0.05) is 6.92 Å². The number of hydrogen-bond acceptors (Lipinski definition) is 6. The van der Waals surface area contributed by atoms with Gasteiger partial charge in [0.15, 0.2) is 0 Å². The minimum absolute atomic E-state index is 0.123. The van der Waals surface area contributed by atoms with E-state index in [0.29, 0.717) is 23.0 Å². The van der Waals surface area contributed by atoms with E-state index < -0.39 is 0 Å². The van der Waals surface area contributed by atoms with Crippen molar-refractivity contribution < 1.29 is 9.84 Å². The normalized spacial score (nSPS) is 17.9. The van der Waals surface area contributed by atoms with E-state index in [-0.39, 0.29) is 5.75 Å². The fourth-order valence-corrected chi connectivity index (χ4v) is 3.73. The molecular formula is C20H25N5O2. The third kappa shape index (κ3) is 3.42. The largest absolute Gasteiger partial charge is 0.507 e. The Morgan fingerprint density at radius 1 is 1.30 bits per heavy atom. The number of methoxy groups -OCH3 is 1. The molecule has 2 aromatic heterocycles. The first-order chi connectivity index (χ1) is 13.2. The van der Waals surface area contributed by atoms with Crippen LogP contribution in [0.25, 0.3) is 16.8 Å². The second kappa shape index (κ2) is 7.44. The van der Waals surface area contributed by atoms with E-state index in [1.54, 1.807) is 19.2 Å². The molecule has 1 aliphatic rings. The van der Waals surface area contributed by atoms with Crippen LogP contribution in [0.4, 0.5) is 5.95 Å². The molecule has 1 fully saturated rings. The number of phenolic OH excluding ortho intramolecular Hbond substituents is 1. The molecule has 0 radical (unpaired) electrons. The van der Waals surface area contributed by atoms with Gasteiger partial charge in [0.2, 0.25) is 5.95 Å². The third-order valence-electron chi connectivity index (χ3n) is 5.21. The first kappa shape index (κ1) is 17.6. The fourth-order valence-electron chi connectivity index (χ4n) is 3.73. The minimum atomic E-state index is 0.123. The van der Waals surface area contributed by atoms with Gasteiger partial charge in [0.1, 0.15) is 17.2 Å². The molecule has 142 valence electrons. The van der Waals surface area contributed by atoms with Crippen molar-refractivity contribution in [3.8, 4) is 22.8 Å². The summed E-state index contributed by atoms with van der Waals surface area (Å²) in [6.07, 6.45) is 4.28. The lowest BCUT2D eigenvalue weighted by Gasteiger charge is -2.32. The number of benzene rings is 1. The second-order valence-corrected chi connectivity index (χ2v) is 6.90. The zero-order valence-corrected chi connectivity index (χ0v) is 15.7. The number of nitrogens with one attached hydrogen (secondary N) is 1. The van der Waals surface area contributed by atoms with E-state index in [0.717, 1.165) is 37.5 Å². The Balaban J connectivity index is 1.67. The molecule has 3 aromatic rings. The first-order valence-electron chi connectivity index (χ1n) is 9.39. The number of ether oxygens (including phenoxy) is 1. The van der Waals surface area contributed by atoms with Gasteiger partial charge in [-0.25, -0.2) is 0 Å². The van der Waals surface area contributed by atoms with Gasteiger partial charge in [-0.2, -0.15) is 0 Å². The zero-order chi connectivity index (χ0) is 18.8. The number of hydrogen-bond donors (Lipinski definition) is 2. The van der Waals surface area contributed by atoms with Gasteiger partial charge in [0.05, 0.1) is 12.6 Å². The first-order valence-corrected chi connectivity index (χ1v) is 9.39. The fraction of sp³-hybridized carbons (Fsp3) is 0.400. The second-order valence-electron chi connectivity index (χ2n) is 6.90. The standard InChI is InChI=1S/C20H25N5O2/c1-3-24-10-4-6-14(13-24)21-20-23-22-19(17-7-5-11-25(17)20)16-9-8-15(27-2)12-18(16)26/h5,7-9,11-12,14,26H,3-4,6,10,13H2,1-2H3,(H,21,23)/t14-/m1/s1. The smallest absolute Gasteiger partial charge is 0.228 e. The number of piperidine rings is 1. The molecule has 2 N–H and O–H groups in total. The highest BCUT2D eigenvalue weighted by Crippen LogP contribution is 2.34.